The first-order valence-corrected chi connectivity index (χ1v) is 4.06. The molecule has 1 aromatic heterocycles. The number of hydrogen-bond acceptors (Lipinski definition) is 2. The van der Waals surface area contributed by atoms with Gasteiger partial charge in [-0.15, -0.1) is 0 Å². The molecule has 0 unspecified atom stereocenters. The van der Waals surface area contributed by atoms with Crippen LogP contribution in [-0.4, -0.2) is 4.98 Å². The molecule has 0 saturated heterocycles. The zero-order valence-electron chi connectivity index (χ0n) is 6.78. The van der Waals surface area contributed by atoms with Crippen molar-refractivity contribution in [2.45, 2.75) is 0 Å². The summed E-state index contributed by atoms with van der Waals surface area (Å²) in [7, 11) is 0. The average Bonchev–Trinajstić information content (AvgIpc) is 2.65. The van der Waals surface area contributed by atoms with Crippen LogP contribution in [0.15, 0.2) is 36.7 Å². The fraction of sp³-hybridized carbons (Fsp3) is 0. The van der Waals surface area contributed by atoms with E-state index in [9.17, 15) is 0 Å². The normalized spacial score (nSPS) is 12.3. The second-order valence-corrected chi connectivity index (χ2v) is 2.90. The van der Waals surface area contributed by atoms with E-state index in [0.29, 0.717) is 0 Å². The summed E-state index contributed by atoms with van der Waals surface area (Å²) in [4.78, 5) is 13.1. The van der Waals surface area contributed by atoms with E-state index in [0.717, 1.165) is 22.6 Å². The summed E-state index contributed by atoms with van der Waals surface area (Å²) in [5, 5.41) is 0. The van der Waals surface area contributed by atoms with E-state index in [4.69, 9.17) is 9.78 Å². The van der Waals surface area contributed by atoms with Crippen LogP contribution in [-0.2, 0) is 0 Å². The quantitative estimate of drug-likeness (QED) is 0.620. The Morgan fingerprint density at radius 1 is 0.846 bits per heavy atom. The number of benzene rings is 1. The maximum atomic E-state index is 5.09. The molecule has 64 valence electrons. The van der Waals surface area contributed by atoms with Crippen LogP contribution in [0.3, 0.4) is 0 Å². The minimum absolute atomic E-state index is 0.735. The number of nitrogens with one attached hydrogen (secondary N) is 1. The number of para-hydroxylation sites is 1. The minimum Gasteiger partial charge on any atom is -0.364 e. The topological polar surface area (TPSA) is 34.2 Å². The summed E-state index contributed by atoms with van der Waals surface area (Å²) in [6.45, 7) is 0. The van der Waals surface area contributed by atoms with Gasteiger partial charge in [0.2, 0.25) is 5.75 Å². The smallest absolute Gasteiger partial charge is 0.203 e. The molecule has 3 heteroatoms. The third-order valence-corrected chi connectivity index (χ3v) is 2.11. The van der Waals surface area contributed by atoms with E-state index in [-0.39, 0.29) is 0 Å². The van der Waals surface area contributed by atoms with Gasteiger partial charge in [-0.3, -0.25) is 9.78 Å². The molecule has 3 rings (SSSR count). The number of hydrogen-bond donors (Lipinski definition) is 1. The molecule has 13 heavy (non-hydrogen) atoms. The van der Waals surface area contributed by atoms with Crippen molar-refractivity contribution in [1.82, 2.24) is 4.98 Å². The zero-order valence-corrected chi connectivity index (χ0v) is 6.78. The molecule has 3 nitrogen and oxygen atoms in total. The maximum absolute atomic E-state index is 5.09. The van der Waals surface area contributed by atoms with Crippen molar-refractivity contribution in [3.63, 3.8) is 0 Å². The van der Waals surface area contributed by atoms with Crippen LogP contribution in [0.1, 0.15) is 0 Å². The average molecular weight is 173 g/mol. The van der Waals surface area contributed by atoms with Crippen molar-refractivity contribution < 1.29 is 9.78 Å². The first-order chi connectivity index (χ1) is 6.45. The highest BCUT2D eigenvalue weighted by molar-refractivity contribution is 5.76. The van der Waals surface area contributed by atoms with Gasteiger partial charge in [-0.05, 0) is 6.07 Å². The summed E-state index contributed by atoms with van der Waals surface area (Å²) in [5.74, 6) is 1.49. The highest BCUT2D eigenvalue weighted by Crippen LogP contribution is 2.39. The molecule has 0 bridgehead atoms. The Hall–Kier alpha value is -1.90. The lowest BCUT2D eigenvalue weighted by molar-refractivity contribution is -0.102. The van der Waals surface area contributed by atoms with E-state index in [1.807, 2.05) is 30.5 Å². The van der Waals surface area contributed by atoms with Crippen LogP contribution in [0, 0.1) is 0 Å². The molecular weight excluding hydrogens is 166 g/mol. The molecule has 1 N–H and O–H groups in total. The third kappa shape index (κ3) is 0.839. The van der Waals surface area contributed by atoms with Gasteiger partial charge in [0, 0.05) is 18.0 Å². The molecule has 1 aliphatic heterocycles. The predicted octanol–water partition coefficient (Wildman–Crippen LogP) is 2.37. The summed E-state index contributed by atoms with van der Waals surface area (Å²) in [5.41, 5.74) is 2.10. The van der Waals surface area contributed by atoms with Crippen molar-refractivity contribution in [3.8, 4) is 22.6 Å². The molecule has 0 radical (unpaired) electrons. The summed E-state index contributed by atoms with van der Waals surface area (Å²) in [6.07, 6.45) is 3.67. The van der Waals surface area contributed by atoms with Crippen molar-refractivity contribution in [2.75, 3.05) is 0 Å². The van der Waals surface area contributed by atoms with Crippen LogP contribution in [0.25, 0.3) is 11.1 Å². The van der Waals surface area contributed by atoms with Crippen molar-refractivity contribution in [2.24, 2.45) is 0 Å². The van der Waals surface area contributed by atoms with Crippen molar-refractivity contribution in [1.29, 1.82) is 0 Å². The molecule has 0 atom stereocenters. The molecule has 2 aromatic rings. The first kappa shape index (κ1) is 6.60. The molecule has 0 spiro atoms. The van der Waals surface area contributed by atoms with Crippen molar-refractivity contribution in [3.05, 3.63) is 36.7 Å². The first-order valence-electron chi connectivity index (χ1n) is 4.06. The second kappa shape index (κ2) is 2.29. The van der Waals surface area contributed by atoms with E-state index in [1.54, 1.807) is 6.20 Å². The lowest BCUT2D eigenvalue weighted by Gasteiger charge is -2.15. The van der Waals surface area contributed by atoms with Gasteiger partial charge in [-0.1, -0.05) is 18.2 Å². The summed E-state index contributed by atoms with van der Waals surface area (Å²) >= 11 is 0. The fourth-order valence-corrected chi connectivity index (χ4v) is 1.48. The zero-order chi connectivity index (χ0) is 8.67. The highest BCUT2D eigenvalue weighted by Gasteiger charge is 2.18. The molecule has 1 aliphatic rings. The van der Waals surface area contributed by atoms with Gasteiger partial charge in [-0.25, -0.2) is 0 Å². The highest BCUT2D eigenvalue weighted by atomic mass is 17.2. The Balaban J connectivity index is 2.30. The fourth-order valence-electron chi connectivity index (χ4n) is 1.48. The third-order valence-electron chi connectivity index (χ3n) is 2.11. The Labute approximate surface area is 74.8 Å². The van der Waals surface area contributed by atoms with Gasteiger partial charge >= 0.3 is 0 Å². The van der Waals surface area contributed by atoms with Gasteiger partial charge in [-0.2, -0.15) is 0 Å². The summed E-state index contributed by atoms with van der Waals surface area (Å²) in [6, 6.07) is 7.78. The van der Waals surface area contributed by atoms with Crippen LogP contribution in [0.5, 0.6) is 11.5 Å². The minimum atomic E-state index is 0.735. The Kier molecular flexibility index (Phi) is 1.16. The molecule has 1 aromatic carbocycles. The summed E-state index contributed by atoms with van der Waals surface area (Å²) < 4.78 is 0. The number of H-pyrrole nitrogens is 1. The maximum Gasteiger partial charge on any atom is 0.203 e. The number of aromatic amines is 1. The lowest BCUT2D eigenvalue weighted by Crippen LogP contribution is -2.05. The van der Waals surface area contributed by atoms with E-state index in [2.05, 4.69) is 4.98 Å². The Morgan fingerprint density at radius 2 is 1.69 bits per heavy atom. The molecule has 0 fully saturated rings. The lowest BCUT2D eigenvalue weighted by atomic mass is 10.1. The number of fused-ring (bicyclic) bond motifs is 3. The van der Waals surface area contributed by atoms with Crippen molar-refractivity contribution >= 4 is 0 Å². The second-order valence-electron chi connectivity index (χ2n) is 2.90. The standard InChI is InChI=1S/C10H7NO2/c1-2-4-9-7(3-1)8-5-11-6-10(8)13-12-9/h1-6,11H. The van der Waals surface area contributed by atoms with Gasteiger partial charge in [0.25, 0.3) is 0 Å². The van der Waals surface area contributed by atoms with Crippen LogP contribution >= 0.6 is 0 Å². The van der Waals surface area contributed by atoms with Gasteiger partial charge in [0.15, 0.2) is 5.75 Å². The van der Waals surface area contributed by atoms with Gasteiger partial charge in [0.1, 0.15) is 0 Å². The Morgan fingerprint density at radius 3 is 2.69 bits per heavy atom. The molecule has 0 aliphatic carbocycles. The van der Waals surface area contributed by atoms with E-state index in [1.165, 1.54) is 0 Å². The molecular formula is C10H7NO2. The number of rotatable bonds is 0. The van der Waals surface area contributed by atoms with Gasteiger partial charge in [0.05, 0.1) is 5.56 Å². The van der Waals surface area contributed by atoms with E-state index >= 15 is 0 Å². The van der Waals surface area contributed by atoms with Crippen LogP contribution < -0.4 is 9.78 Å². The molecule has 0 amide bonds. The monoisotopic (exact) mass is 173 g/mol. The van der Waals surface area contributed by atoms with Crippen LogP contribution in [0.2, 0.25) is 0 Å². The molecule has 0 saturated carbocycles. The molecule has 2 heterocycles. The number of aromatic nitrogens is 1. The van der Waals surface area contributed by atoms with E-state index < -0.39 is 0 Å². The SMILES string of the molecule is c1ccc2c(c1)OOc1c[nH]cc1-2. The van der Waals surface area contributed by atoms with Crippen LogP contribution in [0.4, 0.5) is 0 Å². The Bertz CT molecular complexity index is 448. The predicted molar refractivity (Wildman–Crippen MR) is 47.5 cm³/mol. The van der Waals surface area contributed by atoms with Gasteiger partial charge < -0.3 is 4.98 Å². The largest absolute Gasteiger partial charge is 0.364 e.